The second-order valence-electron chi connectivity index (χ2n) is 5.99. The largest absolute Gasteiger partial charge is 0.372 e. The van der Waals surface area contributed by atoms with Gasteiger partial charge in [-0.3, -0.25) is 15.1 Å². The number of hydrogen-bond donors (Lipinski definition) is 1. The molecule has 0 atom stereocenters. The first kappa shape index (κ1) is 16.0. The van der Waals surface area contributed by atoms with E-state index in [9.17, 15) is 4.79 Å². The van der Waals surface area contributed by atoms with E-state index in [2.05, 4.69) is 15.3 Å². The molecule has 1 amide bonds. The van der Waals surface area contributed by atoms with Crippen LogP contribution in [-0.2, 0) is 17.9 Å². The maximum atomic E-state index is 12.6. The van der Waals surface area contributed by atoms with Crippen LogP contribution in [0.1, 0.15) is 34.6 Å². The molecule has 1 fully saturated rings. The van der Waals surface area contributed by atoms with Gasteiger partial charge in [-0.15, -0.1) is 11.3 Å². The third-order valence-corrected chi connectivity index (χ3v) is 4.73. The molecule has 0 saturated heterocycles. The molecule has 0 aliphatic heterocycles. The Bertz CT molecular complexity index is 855. The highest BCUT2D eigenvalue weighted by Crippen LogP contribution is 2.25. The van der Waals surface area contributed by atoms with Gasteiger partial charge in [0.1, 0.15) is 5.69 Å². The first-order valence-corrected chi connectivity index (χ1v) is 9.07. The second kappa shape index (κ2) is 7.16. The maximum Gasteiger partial charge on any atom is 0.274 e. The standard InChI is InChI=1S/C18H18N4O2S/c23-17(21-18-20-14(12-25-18)11-24-15-3-4-15)16-2-1-9-22(16)10-13-5-7-19-8-6-13/h1-2,5-9,12,15H,3-4,10-11H2,(H,20,21,23). The quantitative estimate of drug-likeness (QED) is 0.707. The van der Waals surface area contributed by atoms with Crippen LogP contribution in [0.2, 0.25) is 0 Å². The molecule has 0 bridgehead atoms. The topological polar surface area (TPSA) is 69.0 Å². The van der Waals surface area contributed by atoms with Crippen LogP contribution in [0.5, 0.6) is 0 Å². The van der Waals surface area contributed by atoms with Crippen molar-refractivity contribution in [2.75, 3.05) is 5.32 Å². The molecule has 0 spiro atoms. The third-order valence-electron chi connectivity index (χ3n) is 3.93. The molecule has 3 heterocycles. The van der Waals surface area contributed by atoms with Crippen molar-refractivity contribution in [3.63, 3.8) is 0 Å². The molecule has 3 aromatic heterocycles. The Morgan fingerprint density at radius 2 is 2.16 bits per heavy atom. The average molecular weight is 354 g/mol. The van der Waals surface area contributed by atoms with Crippen molar-refractivity contribution in [1.29, 1.82) is 0 Å². The molecule has 0 unspecified atom stereocenters. The molecule has 1 aliphatic rings. The van der Waals surface area contributed by atoms with Crippen LogP contribution in [0, 0.1) is 0 Å². The molecule has 7 heteroatoms. The lowest BCUT2D eigenvalue weighted by Crippen LogP contribution is -2.17. The minimum atomic E-state index is -0.164. The number of anilines is 1. The van der Waals surface area contributed by atoms with Crippen molar-refractivity contribution in [2.24, 2.45) is 0 Å². The van der Waals surface area contributed by atoms with Gasteiger partial charge in [0.2, 0.25) is 0 Å². The summed E-state index contributed by atoms with van der Waals surface area (Å²) in [5.41, 5.74) is 2.55. The van der Waals surface area contributed by atoms with Crippen LogP contribution in [-0.4, -0.2) is 26.5 Å². The van der Waals surface area contributed by atoms with Crippen molar-refractivity contribution in [2.45, 2.75) is 32.1 Å². The molecule has 0 aromatic carbocycles. The molecule has 1 aliphatic carbocycles. The van der Waals surface area contributed by atoms with Gasteiger partial charge in [0.15, 0.2) is 5.13 Å². The van der Waals surface area contributed by atoms with E-state index in [-0.39, 0.29) is 5.91 Å². The highest BCUT2D eigenvalue weighted by Gasteiger charge is 2.22. The number of nitrogens with one attached hydrogen (secondary N) is 1. The second-order valence-corrected chi connectivity index (χ2v) is 6.84. The van der Waals surface area contributed by atoms with E-state index in [1.165, 1.54) is 11.3 Å². The summed E-state index contributed by atoms with van der Waals surface area (Å²) in [7, 11) is 0. The lowest BCUT2D eigenvalue weighted by atomic mass is 10.2. The zero-order valence-corrected chi connectivity index (χ0v) is 14.4. The summed E-state index contributed by atoms with van der Waals surface area (Å²) >= 11 is 1.42. The van der Waals surface area contributed by atoms with E-state index in [0.29, 0.717) is 30.1 Å². The minimum absolute atomic E-state index is 0.164. The van der Waals surface area contributed by atoms with Crippen LogP contribution in [0.25, 0.3) is 0 Å². The van der Waals surface area contributed by atoms with Crippen LogP contribution >= 0.6 is 11.3 Å². The van der Waals surface area contributed by atoms with Crippen LogP contribution < -0.4 is 5.32 Å². The number of carbonyl (C=O) groups is 1. The molecule has 25 heavy (non-hydrogen) atoms. The van der Waals surface area contributed by atoms with Crippen LogP contribution in [0.3, 0.4) is 0 Å². The number of hydrogen-bond acceptors (Lipinski definition) is 5. The Hall–Kier alpha value is -2.51. The highest BCUT2D eigenvalue weighted by molar-refractivity contribution is 7.13. The first-order chi connectivity index (χ1) is 12.3. The van der Waals surface area contributed by atoms with E-state index in [4.69, 9.17) is 4.74 Å². The van der Waals surface area contributed by atoms with Crippen molar-refractivity contribution >= 4 is 22.4 Å². The zero-order valence-electron chi connectivity index (χ0n) is 13.6. The fourth-order valence-corrected chi connectivity index (χ4v) is 3.16. The Labute approximate surface area is 149 Å². The fraction of sp³-hybridized carbons (Fsp3) is 0.278. The summed E-state index contributed by atoms with van der Waals surface area (Å²) in [5, 5.41) is 5.39. The van der Waals surface area contributed by atoms with Crippen molar-refractivity contribution in [3.05, 3.63) is 65.2 Å². The Morgan fingerprint density at radius 1 is 1.32 bits per heavy atom. The third kappa shape index (κ3) is 4.12. The van der Waals surface area contributed by atoms with Gasteiger partial charge < -0.3 is 9.30 Å². The average Bonchev–Trinajstić information content (AvgIpc) is 3.16. The number of nitrogens with zero attached hydrogens (tertiary/aromatic N) is 3. The van der Waals surface area contributed by atoms with E-state index < -0.39 is 0 Å². The lowest BCUT2D eigenvalue weighted by Gasteiger charge is -2.08. The number of aromatic nitrogens is 3. The number of rotatable bonds is 7. The van der Waals surface area contributed by atoms with Crippen molar-refractivity contribution < 1.29 is 9.53 Å². The molecule has 4 rings (SSSR count). The van der Waals surface area contributed by atoms with E-state index in [1.807, 2.05) is 34.3 Å². The lowest BCUT2D eigenvalue weighted by molar-refractivity contribution is 0.101. The van der Waals surface area contributed by atoms with Gasteiger partial charge in [-0.25, -0.2) is 4.98 Å². The minimum Gasteiger partial charge on any atom is -0.372 e. The maximum absolute atomic E-state index is 12.6. The van der Waals surface area contributed by atoms with Gasteiger partial charge in [0, 0.05) is 30.5 Å². The summed E-state index contributed by atoms with van der Waals surface area (Å²) in [6.45, 7) is 1.13. The molecule has 128 valence electrons. The van der Waals surface area contributed by atoms with E-state index in [0.717, 1.165) is 24.1 Å². The van der Waals surface area contributed by atoms with Gasteiger partial charge in [-0.05, 0) is 42.7 Å². The summed E-state index contributed by atoms with van der Waals surface area (Å²) < 4.78 is 7.55. The zero-order chi connectivity index (χ0) is 17.1. The number of amides is 1. The molecular formula is C18H18N4O2S. The Morgan fingerprint density at radius 3 is 2.96 bits per heavy atom. The molecular weight excluding hydrogens is 336 g/mol. The molecule has 6 nitrogen and oxygen atoms in total. The van der Waals surface area contributed by atoms with Gasteiger partial charge in [-0.1, -0.05) is 0 Å². The Balaban J connectivity index is 1.40. The Kier molecular flexibility index (Phi) is 4.58. The first-order valence-electron chi connectivity index (χ1n) is 8.19. The molecule has 0 radical (unpaired) electrons. The van der Waals surface area contributed by atoms with Crippen molar-refractivity contribution in [3.8, 4) is 0 Å². The van der Waals surface area contributed by atoms with Crippen molar-refractivity contribution in [1.82, 2.24) is 14.5 Å². The number of pyridine rings is 1. The van der Waals surface area contributed by atoms with Gasteiger partial charge in [-0.2, -0.15) is 0 Å². The van der Waals surface area contributed by atoms with Crippen LogP contribution in [0.15, 0.2) is 48.2 Å². The molecule has 1 saturated carbocycles. The number of thiazole rings is 1. The summed E-state index contributed by atoms with van der Waals surface area (Å²) in [6.07, 6.45) is 8.08. The predicted octanol–water partition coefficient (Wildman–Crippen LogP) is 3.32. The SMILES string of the molecule is O=C(Nc1nc(COC2CC2)cs1)c1cccn1Cc1ccncc1. The monoisotopic (exact) mass is 354 g/mol. The molecule has 1 N–H and O–H groups in total. The number of carbonyl (C=O) groups excluding carboxylic acids is 1. The fourth-order valence-electron chi connectivity index (χ4n) is 2.47. The summed E-state index contributed by atoms with van der Waals surface area (Å²) in [4.78, 5) is 21.0. The number of ether oxygens (including phenoxy) is 1. The van der Waals surface area contributed by atoms with Gasteiger partial charge >= 0.3 is 0 Å². The van der Waals surface area contributed by atoms with Gasteiger partial charge in [0.25, 0.3) is 5.91 Å². The van der Waals surface area contributed by atoms with Gasteiger partial charge in [0.05, 0.1) is 18.4 Å². The van der Waals surface area contributed by atoms with E-state index >= 15 is 0 Å². The smallest absolute Gasteiger partial charge is 0.274 e. The summed E-state index contributed by atoms with van der Waals surface area (Å²) in [5.74, 6) is -0.164. The predicted molar refractivity (Wildman–Crippen MR) is 95.6 cm³/mol. The van der Waals surface area contributed by atoms with Crippen LogP contribution in [0.4, 0.5) is 5.13 Å². The highest BCUT2D eigenvalue weighted by atomic mass is 32.1. The normalized spacial score (nSPS) is 13.8. The molecule has 3 aromatic rings. The summed E-state index contributed by atoms with van der Waals surface area (Å²) in [6, 6.07) is 7.55. The van der Waals surface area contributed by atoms with E-state index in [1.54, 1.807) is 18.5 Å².